The van der Waals surface area contributed by atoms with Gasteiger partial charge in [-0.25, -0.2) is 22.2 Å². The largest absolute Gasteiger partial charge is 0.453 e. The molecule has 0 saturated heterocycles. The molecule has 1 heterocycles. The van der Waals surface area contributed by atoms with Gasteiger partial charge in [0.15, 0.2) is 0 Å². The second-order valence-corrected chi connectivity index (χ2v) is 5.40. The number of ether oxygens (including phenoxy) is 1. The summed E-state index contributed by atoms with van der Waals surface area (Å²) < 4.78 is 28.8. The second kappa shape index (κ2) is 4.30. The first kappa shape index (κ1) is 12.4. The summed E-state index contributed by atoms with van der Waals surface area (Å²) in [6, 6.07) is 6.67. The fourth-order valence-electron chi connectivity index (χ4n) is 1.56. The van der Waals surface area contributed by atoms with Crippen molar-refractivity contribution in [3.63, 3.8) is 0 Å². The minimum atomic E-state index is -3.59. The van der Waals surface area contributed by atoms with E-state index in [0.29, 0.717) is 11.0 Å². The lowest BCUT2D eigenvalue weighted by molar-refractivity contribution is 0.186. The number of hydrogen-bond donors (Lipinski definition) is 1. The molecule has 18 heavy (non-hydrogen) atoms. The molecule has 0 saturated carbocycles. The summed E-state index contributed by atoms with van der Waals surface area (Å²) in [5.41, 5.74) is 0.862. The fourth-order valence-corrected chi connectivity index (χ4v) is 2.47. The Kier molecular flexibility index (Phi) is 2.95. The van der Waals surface area contributed by atoms with Gasteiger partial charge in [-0.3, -0.25) is 5.32 Å². The van der Waals surface area contributed by atoms with E-state index in [0.717, 1.165) is 10.2 Å². The lowest BCUT2D eigenvalue weighted by Gasteiger charge is -2.06. The molecule has 0 unspecified atom stereocenters. The molecule has 0 bridgehead atoms. The number of methoxy groups -OCH3 is 1. The van der Waals surface area contributed by atoms with Crippen molar-refractivity contribution < 1.29 is 17.9 Å². The smallest absolute Gasteiger partial charge is 0.413 e. The molecule has 0 aliphatic carbocycles. The number of amides is 1. The summed E-state index contributed by atoms with van der Waals surface area (Å²) in [4.78, 5) is 15.2. The van der Waals surface area contributed by atoms with Crippen LogP contribution in [0.25, 0.3) is 11.0 Å². The van der Waals surface area contributed by atoms with Crippen molar-refractivity contribution in [2.45, 2.75) is 0 Å². The van der Waals surface area contributed by atoms with Crippen LogP contribution in [0, 0.1) is 0 Å². The SMILES string of the molecule is COC(=O)Nc1nc2ccccc2n1S(C)(=O)=O. The van der Waals surface area contributed by atoms with Crippen molar-refractivity contribution in [3.8, 4) is 0 Å². The molecular formula is C10H11N3O4S. The van der Waals surface area contributed by atoms with E-state index >= 15 is 0 Å². The quantitative estimate of drug-likeness (QED) is 0.879. The van der Waals surface area contributed by atoms with Gasteiger partial charge < -0.3 is 4.74 Å². The molecule has 0 spiro atoms. The van der Waals surface area contributed by atoms with Gasteiger partial charge >= 0.3 is 6.09 Å². The van der Waals surface area contributed by atoms with E-state index in [1.54, 1.807) is 24.3 Å². The topological polar surface area (TPSA) is 90.3 Å². The Morgan fingerprint density at radius 1 is 1.39 bits per heavy atom. The van der Waals surface area contributed by atoms with Crippen LogP contribution in [-0.2, 0) is 14.8 Å². The van der Waals surface area contributed by atoms with E-state index in [4.69, 9.17) is 0 Å². The van der Waals surface area contributed by atoms with Gasteiger partial charge in [0.05, 0.1) is 24.4 Å². The predicted molar refractivity (Wildman–Crippen MR) is 66.0 cm³/mol. The number of anilines is 1. The number of nitrogens with one attached hydrogen (secondary N) is 1. The number of rotatable bonds is 2. The zero-order chi connectivity index (χ0) is 13.3. The summed E-state index contributed by atoms with van der Waals surface area (Å²) in [5, 5.41) is 2.27. The van der Waals surface area contributed by atoms with Crippen LogP contribution in [0.4, 0.5) is 10.7 Å². The number of aromatic nitrogens is 2. The molecule has 2 aromatic rings. The first-order valence-corrected chi connectivity index (χ1v) is 6.81. The van der Waals surface area contributed by atoms with E-state index in [1.807, 2.05) is 0 Å². The Bertz CT molecular complexity index is 705. The van der Waals surface area contributed by atoms with Crippen molar-refractivity contribution in [2.24, 2.45) is 0 Å². The zero-order valence-corrected chi connectivity index (χ0v) is 10.6. The summed E-state index contributed by atoms with van der Waals surface area (Å²) >= 11 is 0. The minimum absolute atomic E-state index is 0.0921. The molecule has 0 radical (unpaired) electrons. The summed E-state index contributed by atoms with van der Waals surface area (Å²) in [7, 11) is -2.40. The van der Waals surface area contributed by atoms with Crippen molar-refractivity contribution in [1.29, 1.82) is 0 Å². The Labute approximate surface area is 103 Å². The Morgan fingerprint density at radius 3 is 2.67 bits per heavy atom. The molecular weight excluding hydrogens is 258 g/mol. The third-order valence-electron chi connectivity index (χ3n) is 2.25. The highest BCUT2D eigenvalue weighted by atomic mass is 32.2. The molecule has 2 rings (SSSR count). The van der Waals surface area contributed by atoms with Crippen molar-refractivity contribution in [1.82, 2.24) is 8.96 Å². The van der Waals surface area contributed by atoms with Gasteiger partial charge in [-0.1, -0.05) is 12.1 Å². The van der Waals surface area contributed by atoms with Crippen molar-refractivity contribution in [3.05, 3.63) is 24.3 Å². The number of hydrogen-bond acceptors (Lipinski definition) is 5. The van der Waals surface area contributed by atoms with Crippen LogP contribution in [0.15, 0.2) is 24.3 Å². The molecule has 1 aromatic carbocycles. The molecule has 1 amide bonds. The average Bonchev–Trinajstić information content (AvgIpc) is 2.65. The normalized spacial score (nSPS) is 11.4. The number of carbonyl (C=O) groups excluding carboxylic acids is 1. The Morgan fingerprint density at radius 2 is 2.06 bits per heavy atom. The van der Waals surface area contributed by atoms with Crippen LogP contribution in [0.1, 0.15) is 0 Å². The standard InChI is InChI=1S/C10H11N3O4S/c1-17-10(14)12-9-11-7-5-3-4-6-8(7)13(9)18(2,15)16/h3-6H,1-2H3,(H,11,12,14). The molecule has 0 fully saturated rings. The van der Waals surface area contributed by atoms with Gasteiger partial charge in [0, 0.05) is 0 Å². The van der Waals surface area contributed by atoms with Crippen molar-refractivity contribution in [2.75, 3.05) is 18.7 Å². The number of nitrogens with zero attached hydrogens (tertiary/aromatic N) is 2. The van der Waals surface area contributed by atoms with Crippen LogP contribution in [0.2, 0.25) is 0 Å². The lowest BCUT2D eigenvalue weighted by atomic mass is 10.3. The monoisotopic (exact) mass is 269 g/mol. The fraction of sp³-hybridized carbons (Fsp3) is 0.200. The predicted octanol–water partition coefficient (Wildman–Crippen LogP) is 1.02. The third kappa shape index (κ3) is 2.14. The van der Waals surface area contributed by atoms with E-state index < -0.39 is 16.1 Å². The van der Waals surface area contributed by atoms with Gasteiger partial charge in [0.25, 0.3) is 0 Å². The van der Waals surface area contributed by atoms with Crippen LogP contribution in [0.5, 0.6) is 0 Å². The number of imidazole rings is 1. The van der Waals surface area contributed by atoms with Crippen LogP contribution in [0.3, 0.4) is 0 Å². The van der Waals surface area contributed by atoms with Gasteiger partial charge in [-0.05, 0) is 12.1 Å². The van der Waals surface area contributed by atoms with Gasteiger partial charge in [-0.15, -0.1) is 0 Å². The molecule has 8 heteroatoms. The molecule has 1 aromatic heterocycles. The molecule has 7 nitrogen and oxygen atoms in total. The number of fused-ring (bicyclic) bond motifs is 1. The maximum Gasteiger partial charge on any atom is 0.413 e. The zero-order valence-electron chi connectivity index (χ0n) is 9.75. The summed E-state index contributed by atoms with van der Waals surface area (Å²) in [5.74, 6) is -0.0921. The highest BCUT2D eigenvalue weighted by molar-refractivity contribution is 7.89. The summed E-state index contributed by atoms with van der Waals surface area (Å²) in [6.07, 6.45) is 0.249. The first-order valence-electron chi connectivity index (χ1n) is 4.96. The van der Waals surface area contributed by atoms with Crippen molar-refractivity contribution >= 4 is 33.1 Å². The van der Waals surface area contributed by atoms with Gasteiger partial charge in [0.2, 0.25) is 16.0 Å². The van der Waals surface area contributed by atoms with Gasteiger partial charge in [0.1, 0.15) is 0 Å². The number of carbonyl (C=O) groups is 1. The molecule has 0 aliphatic heterocycles. The van der Waals surface area contributed by atoms with E-state index in [2.05, 4.69) is 15.0 Å². The van der Waals surface area contributed by atoms with Gasteiger partial charge in [-0.2, -0.15) is 0 Å². The Balaban J connectivity index is 2.69. The van der Waals surface area contributed by atoms with Crippen LogP contribution >= 0.6 is 0 Å². The highest BCUT2D eigenvalue weighted by Gasteiger charge is 2.19. The number of para-hydroxylation sites is 2. The Hall–Kier alpha value is -2.09. The van der Waals surface area contributed by atoms with E-state index in [-0.39, 0.29) is 5.95 Å². The molecule has 1 N–H and O–H groups in total. The molecule has 96 valence electrons. The maximum atomic E-state index is 11.7. The minimum Gasteiger partial charge on any atom is -0.453 e. The second-order valence-electron chi connectivity index (χ2n) is 3.57. The third-order valence-corrected chi connectivity index (χ3v) is 3.28. The first-order chi connectivity index (χ1) is 8.43. The molecule has 0 aliphatic rings. The lowest BCUT2D eigenvalue weighted by Crippen LogP contribution is -2.19. The maximum absolute atomic E-state index is 11.7. The number of benzene rings is 1. The van der Waals surface area contributed by atoms with Crippen LogP contribution < -0.4 is 5.32 Å². The van der Waals surface area contributed by atoms with E-state index in [9.17, 15) is 13.2 Å². The van der Waals surface area contributed by atoms with Crippen LogP contribution in [-0.4, -0.2) is 36.8 Å². The summed E-state index contributed by atoms with van der Waals surface area (Å²) in [6.45, 7) is 0. The highest BCUT2D eigenvalue weighted by Crippen LogP contribution is 2.21. The van der Waals surface area contributed by atoms with E-state index in [1.165, 1.54) is 7.11 Å². The average molecular weight is 269 g/mol. The molecule has 0 atom stereocenters.